The summed E-state index contributed by atoms with van der Waals surface area (Å²) >= 11 is 6.10. The number of benzene rings is 1. The standard InChI is InChI=1S/C16H17ClO4/c1-16(2)20-14-11(12(17)13(18)15(14)21-16)9-19-8-10-6-4-3-5-7-10/h3-7,14-15H,8-9H2,1-2H3/t14-,15+/m1/s1. The minimum atomic E-state index is -0.771. The van der Waals surface area contributed by atoms with Crippen LogP contribution in [0.25, 0.3) is 0 Å². The van der Waals surface area contributed by atoms with Crippen molar-refractivity contribution in [2.75, 3.05) is 6.61 Å². The molecule has 1 heterocycles. The average molecular weight is 309 g/mol. The first-order chi connectivity index (χ1) is 9.98. The fourth-order valence-corrected chi connectivity index (χ4v) is 2.88. The first-order valence-electron chi connectivity index (χ1n) is 6.88. The van der Waals surface area contributed by atoms with Crippen LogP contribution < -0.4 is 0 Å². The van der Waals surface area contributed by atoms with Gasteiger partial charge in [0.05, 0.1) is 18.2 Å². The molecule has 1 saturated heterocycles. The lowest BCUT2D eigenvalue weighted by molar-refractivity contribution is -0.153. The Morgan fingerprint density at radius 2 is 1.81 bits per heavy atom. The molecule has 0 aromatic heterocycles. The summed E-state index contributed by atoms with van der Waals surface area (Å²) in [6.45, 7) is 4.30. The normalized spacial score (nSPS) is 27.3. The van der Waals surface area contributed by atoms with Gasteiger partial charge in [0.2, 0.25) is 5.78 Å². The number of carbonyl (C=O) groups excluding carboxylic acids is 1. The van der Waals surface area contributed by atoms with Gasteiger partial charge in [-0.2, -0.15) is 0 Å². The van der Waals surface area contributed by atoms with Crippen molar-refractivity contribution in [1.82, 2.24) is 0 Å². The maximum atomic E-state index is 12.1. The zero-order valence-electron chi connectivity index (χ0n) is 12.0. The van der Waals surface area contributed by atoms with E-state index < -0.39 is 18.0 Å². The Kier molecular flexibility index (Phi) is 3.88. The lowest BCUT2D eigenvalue weighted by atomic mass is 10.1. The van der Waals surface area contributed by atoms with Crippen molar-refractivity contribution in [2.45, 2.75) is 38.4 Å². The maximum absolute atomic E-state index is 12.1. The molecule has 1 aromatic carbocycles. The Morgan fingerprint density at radius 1 is 1.14 bits per heavy atom. The Labute approximate surface area is 128 Å². The molecule has 2 atom stereocenters. The van der Waals surface area contributed by atoms with Crippen molar-refractivity contribution in [3.8, 4) is 0 Å². The van der Waals surface area contributed by atoms with E-state index in [-0.39, 0.29) is 17.4 Å². The van der Waals surface area contributed by atoms with E-state index in [1.807, 2.05) is 30.3 Å². The van der Waals surface area contributed by atoms with E-state index in [0.29, 0.717) is 12.2 Å². The van der Waals surface area contributed by atoms with E-state index in [9.17, 15) is 4.79 Å². The number of ether oxygens (including phenoxy) is 3. The van der Waals surface area contributed by atoms with Crippen LogP contribution in [0.5, 0.6) is 0 Å². The predicted molar refractivity (Wildman–Crippen MR) is 77.8 cm³/mol. The minimum Gasteiger partial charge on any atom is -0.372 e. The van der Waals surface area contributed by atoms with Crippen LogP contribution in [0.4, 0.5) is 0 Å². The van der Waals surface area contributed by atoms with E-state index in [1.54, 1.807) is 13.8 Å². The van der Waals surface area contributed by atoms with Gasteiger partial charge in [-0.05, 0) is 19.4 Å². The molecule has 0 N–H and O–H groups in total. The number of rotatable bonds is 4. The van der Waals surface area contributed by atoms with Gasteiger partial charge in [0.25, 0.3) is 0 Å². The molecule has 112 valence electrons. The lowest BCUT2D eigenvalue weighted by Gasteiger charge is -2.18. The third-order valence-corrected chi connectivity index (χ3v) is 3.99. The number of carbonyl (C=O) groups is 1. The molecule has 0 unspecified atom stereocenters. The Hall–Kier alpha value is -1.20. The van der Waals surface area contributed by atoms with Crippen molar-refractivity contribution in [3.05, 3.63) is 46.5 Å². The van der Waals surface area contributed by atoms with E-state index in [2.05, 4.69) is 0 Å². The lowest BCUT2D eigenvalue weighted by Crippen LogP contribution is -2.26. The van der Waals surface area contributed by atoms with Gasteiger partial charge >= 0.3 is 0 Å². The van der Waals surface area contributed by atoms with Crippen LogP contribution in [0.2, 0.25) is 0 Å². The van der Waals surface area contributed by atoms with Gasteiger partial charge in [-0.25, -0.2) is 0 Å². The SMILES string of the molecule is CC1(C)O[C@@H]2C(COCc3ccccc3)=C(Cl)C(=O)[C@@H]2O1. The summed E-state index contributed by atoms with van der Waals surface area (Å²) in [5, 5.41) is 0.188. The van der Waals surface area contributed by atoms with Crippen LogP contribution in [0.3, 0.4) is 0 Å². The maximum Gasteiger partial charge on any atom is 0.206 e. The topological polar surface area (TPSA) is 44.8 Å². The summed E-state index contributed by atoms with van der Waals surface area (Å²) in [5.41, 5.74) is 1.74. The summed E-state index contributed by atoms with van der Waals surface area (Å²) in [4.78, 5) is 12.1. The zero-order chi connectivity index (χ0) is 15.0. The largest absolute Gasteiger partial charge is 0.372 e. The van der Waals surface area contributed by atoms with Gasteiger partial charge in [-0.15, -0.1) is 0 Å². The van der Waals surface area contributed by atoms with Crippen molar-refractivity contribution in [3.63, 3.8) is 0 Å². The number of hydrogen-bond acceptors (Lipinski definition) is 4. The number of ketones is 1. The first-order valence-corrected chi connectivity index (χ1v) is 7.26. The first kappa shape index (κ1) is 14.7. The highest BCUT2D eigenvalue weighted by Gasteiger charge is 2.52. The molecule has 1 aliphatic heterocycles. The van der Waals surface area contributed by atoms with E-state index in [0.717, 1.165) is 5.56 Å². The molecule has 0 saturated carbocycles. The van der Waals surface area contributed by atoms with Crippen LogP contribution in [0.15, 0.2) is 40.9 Å². The van der Waals surface area contributed by atoms with Crippen molar-refractivity contribution in [2.24, 2.45) is 0 Å². The molecule has 4 nitrogen and oxygen atoms in total. The summed E-state index contributed by atoms with van der Waals surface area (Å²) in [6, 6.07) is 9.83. The summed E-state index contributed by atoms with van der Waals surface area (Å²) < 4.78 is 17.0. The van der Waals surface area contributed by atoms with Crippen LogP contribution >= 0.6 is 11.6 Å². The molecule has 21 heavy (non-hydrogen) atoms. The molecule has 1 aromatic rings. The highest BCUT2D eigenvalue weighted by Crippen LogP contribution is 2.40. The summed E-state index contributed by atoms with van der Waals surface area (Å²) in [6.07, 6.45) is -1.07. The molecule has 1 aliphatic carbocycles. The number of hydrogen-bond donors (Lipinski definition) is 0. The summed E-state index contributed by atoms with van der Waals surface area (Å²) in [7, 11) is 0. The highest BCUT2D eigenvalue weighted by molar-refractivity contribution is 6.44. The quantitative estimate of drug-likeness (QED) is 0.858. The molecular weight excluding hydrogens is 292 g/mol. The number of Topliss-reactive ketones (excluding diaryl/α,β-unsaturated/α-hetero) is 1. The van der Waals surface area contributed by atoms with E-state index in [1.165, 1.54) is 0 Å². The number of fused-ring (bicyclic) bond motifs is 1. The van der Waals surface area contributed by atoms with Crippen LogP contribution in [0.1, 0.15) is 19.4 Å². The highest BCUT2D eigenvalue weighted by atomic mass is 35.5. The fourth-order valence-electron chi connectivity index (χ4n) is 2.61. The smallest absolute Gasteiger partial charge is 0.206 e. The summed E-state index contributed by atoms with van der Waals surface area (Å²) in [5.74, 6) is -0.988. The molecule has 0 amide bonds. The van der Waals surface area contributed by atoms with Crippen LogP contribution in [0, 0.1) is 0 Å². The molecule has 1 fully saturated rings. The third-order valence-electron chi connectivity index (χ3n) is 3.57. The Balaban J connectivity index is 1.66. The zero-order valence-corrected chi connectivity index (χ0v) is 12.7. The fraction of sp³-hybridized carbons (Fsp3) is 0.438. The van der Waals surface area contributed by atoms with Crippen molar-refractivity contribution < 1.29 is 19.0 Å². The molecular formula is C16H17ClO4. The van der Waals surface area contributed by atoms with Gasteiger partial charge < -0.3 is 14.2 Å². The van der Waals surface area contributed by atoms with Crippen molar-refractivity contribution in [1.29, 1.82) is 0 Å². The molecule has 2 aliphatic rings. The monoisotopic (exact) mass is 308 g/mol. The second-order valence-corrected chi connectivity index (χ2v) is 6.04. The van der Waals surface area contributed by atoms with Crippen LogP contribution in [-0.4, -0.2) is 30.4 Å². The molecule has 3 rings (SSSR count). The second-order valence-electron chi connectivity index (χ2n) is 5.66. The second kappa shape index (κ2) is 5.54. The van der Waals surface area contributed by atoms with Gasteiger partial charge in [0.15, 0.2) is 11.9 Å². The Bertz CT molecular complexity index is 579. The van der Waals surface area contributed by atoms with Gasteiger partial charge in [0, 0.05) is 5.57 Å². The van der Waals surface area contributed by atoms with E-state index >= 15 is 0 Å². The van der Waals surface area contributed by atoms with E-state index in [4.69, 9.17) is 25.8 Å². The molecule has 0 spiro atoms. The van der Waals surface area contributed by atoms with Gasteiger partial charge in [-0.1, -0.05) is 41.9 Å². The number of halogens is 1. The minimum absolute atomic E-state index is 0.188. The van der Waals surface area contributed by atoms with Gasteiger partial charge in [0.1, 0.15) is 6.10 Å². The van der Waals surface area contributed by atoms with Gasteiger partial charge in [-0.3, -0.25) is 4.79 Å². The van der Waals surface area contributed by atoms with Crippen LogP contribution in [-0.2, 0) is 25.6 Å². The van der Waals surface area contributed by atoms with Crippen molar-refractivity contribution >= 4 is 17.4 Å². The average Bonchev–Trinajstić information content (AvgIpc) is 2.87. The predicted octanol–water partition coefficient (Wildman–Crippen LogP) is 2.80. The molecule has 0 bridgehead atoms. The third kappa shape index (κ3) is 2.90. The molecule has 5 heteroatoms. The Morgan fingerprint density at radius 3 is 2.52 bits per heavy atom. The molecule has 0 radical (unpaired) electrons.